The van der Waals surface area contributed by atoms with Crippen LogP contribution in [0.4, 0.5) is 0 Å². The van der Waals surface area contributed by atoms with E-state index in [2.05, 4.69) is 6.58 Å². The van der Waals surface area contributed by atoms with Crippen molar-refractivity contribution in [3.8, 4) is 0 Å². The van der Waals surface area contributed by atoms with E-state index in [1.165, 1.54) is 0 Å². The second-order valence-electron chi connectivity index (χ2n) is 2.09. The molecule has 0 saturated heterocycles. The van der Waals surface area contributed by atoms with E-state index in [1.807, 2.05) is 0 Å². The minimum atomic E-state index is -1.09. The molecule has 1 rings (SSSR count). The van der Waals surface area contributed by atoms with E-state index >= 15 is 0 Å². The van der Waals surface area contributed by atoms with Crippen LogP contribution in [0.5, 0.6) is 0 Å². The van der Waals surface area contributed by atoms with Gasteiger partial charge in [-0.1, -0.05) is 6.58 Å². The van der Waals surface area contributed by atoms with Crippen molar-refractivity contribution >= 4 is 5.97 Å². The van der Waals surface area contributed by atoms with Gasteiger partial charge in [-0.2, -0.15) is 0 Å². The van der Waals surface area contributed by atoms with E-state index in [1.54, 1.807) is 0 Å². The van der Waals surface area contributed by atoms with Crippen LogP contribution in [0.25, 0.3) is 0 Å². The molecule has 44 valence electrons. The van der Waals surface area contributed by atoms with E-state index < -0.39 is 5.97 Å². The van der Waals surface area contributed by atoms with Gasteiger partial charge in [-0.15, -0.1) is 0 Å². The summed E-state index contributed by atoms with van der Waals surface area (Å²) in [6.45, 7) is 3.35. The maximum absolute atomic E-state index is 9.97. The molecule has 0 unspecified atom stereocenters. The van der Waals surface area contributed by atoms with Crippen molar-refractivity contribution in [3.63, 3.8) is 0 Å². The highest BCUT2D eigenvalue weighted by molar-refractivity contribution is 5.85. The van der Waals surface area contributed by atoms with Crippen LogP contribution < -0.4 is 5.11 Å². The molecule has 0 spiro atoms. The molecule has 0 amide bonds. The summed E-state index contributed by atoms with van der Waals surface area (Å²) >= 11 is 0. The largest absolute Gasteiger partial charge is 0.545 e. The Hall–Kier alpha value is -0.790. The van der Waals surface area contributed by atoms with Crippen LogP contribution in [0.1, 0.15) is 12.8 Å². The molecule has 0 heterocycles. The Kier molecular flexibility index (Phi) is 1.08. The van der Waals surface area contributed by atoms with Crippen LogP contribution >= 0.6 is 0 Å². The highest BCUT2D eigenvalue weighted by Gasteiger charge is 2.24. The molecular weight excluding hydrogens is 104 g/mol. The zero-order valence-corrected chi connectivity index (χ0v) is 4.52. The Morgan fingerprint density at radius 2 is 2.12 bits per heavy atom. The topological polar surface area (TPSA) is 40.1 Å². The lowest BCUT2D eigenvalue weighted by Crippen LogP contribution is -2.24. The van der Waals surface area contributed by atoms with E-state index in [0.717, 1.165) is 12.8 Å². The molecule has 8 heavy (non-hydrogen) atoms. The van der Waals surface area contributed by atoms with Crippen molar-refractivity contribution in [1.29, 1.82) is 0 Å². The predicted molar refractivity (Wildman–Crippen MR) is 26.9 cm³/mol. The van der Waals surface area contributed by atoms with Gasteiger partial charge in [-0.3, -0.25) is 0 Å². The minimum absolute atomic E-state index is 0.236. The molecule has 0 aliphatic heterocycles. The lowest BCUT2D eigenvalue weighted by molar-refractivity contribution is -0.299. The fourth-order valence-corrected chi connectivity index (χ4v) is 0.598. The van der Waals surface area contributed by atoms with E-state index in [-0.39, 0.29) is 11.5 Å². The summed E-state index contributed by atoms with van der Waals surface area (Å²) in [6, 6.07) is 0. The molecule has 0 atom stereocenters. The Bertz CT molecular complexity index is 133. The maximum Gasteiger partial charge on any atom is 0.0671 e. The first-order chi connectivity index (χ1) is 3.72. The highest BCUT2D eigenvalue weighted by atomic mass is 16.4. The summed E-state index contributed by atoms with van der Waals surface area (Å²) in [4.78, 5) is 9.97. The first kappa shape index (κ1) is 5.35. The van der Waals surface area contributed by atoms with Crippen molar-refractivity contribution in [2.75, 3.05) is 0 Å². The molecule has 2 heteroatoms. The molecule has 0 bridgehead atoms. The van der Waals surface area contributed by atoms with Gasteiger partial charge >= 0.3 is 0 Å². The Balaban J connectivity index is 2.45. The second-order valence-corrected chi connectivity index (χ2v) is 2.09. The van der Waals surface area contributed by atoms with Gasteiger partial charge in [-0.05, 0) is 24.3 Å². The van der Waals surface area contributed by atoms with Crippen LogP contribution in [0.2, 0.25) is 0 Å². The second kappa shape index (κ2) is 1.62. The fraction of sp³-hybridized carbons (Fsp3) is 0.500. The SMILES string of the molecule is C=C(C(=O)[O-])C1CC1. The van der Waals surface area contributed by atoms with Crippen LogP contribution in [-0.4, -0.2) is 5.97 Å². The van der Waals surface area contributed by atoms with Crippen LogP contribution in [0, 0.1) is 5.92 Å². The summed E-state index contributed by atoms with van der Waals surface area (Å²) < 4.78 is 0. The van der Waals surface area contributed by atoms with Gasteiger partial charge in [0.25, 0.3) is 0 Å². The van der Waals surface area contributed by atoms with Gasteiger partial charge in [-0.25, -0.2) is 0 Å². The van der Waals surface area contributed by atoms with Gasteiger partial charge in [0.05, 0.1) is 5.97 Å². The molecular formula is C6H7O2-. The molecule has 0 aromatic rings. The third-order valence-corrected chi connectivity index (χ3v) is 1.33. The lowest BCUT2D eigenvalue weighted by Gasteiger charge is -2.01. The number of carboxylic acids is 1. The van der Waals surface area contributed by atoms with Crippen molar-refractivity contribution < 1.29 is 9.90 Å². The molecule has 1 aliphatic rings. The summed E-state index contributed by atoms with van der Waals surface area (Å²) in [6.07, 6.45) is 1.96. The molecule has 1 aliphatic carbocycles. The third-order valence-electron chi connectivity index (χ3n) is 1.33. The zero-order valence-electron chi connectivity index (χ0n) is 4.52. The van der Waals surface area contributed by atoms with E-state index in [9.17, 15) is 9.90 Å². The third kappa shape index (κ3) is 0.886. The van der Waals surface area contributed by atoms with Gasteiger partial charge in [0.15, 0.2) is 0 Å². The van der Waals surface area contributed by atoms with Crippen molar-refractivity contribution in [2.24, 2.45) is 5.92 Å². The van der Waals surface area contributed by atoms with Gasteiger partial charge in [0.1, 0.15) is 0 Å². The molecule has 2 nitrogen and oxygen atoms in total. The first-order valence-corrected chi connectivity index (χ1v) is 2.62. The normalized spacial score (nSPS) is 18.0. The molecule has 0 aromatic carbocycles. The quantitative estimate of drug-likeness (QED) is 0.459. The number of hydrogen-bond donors (Lipinski definition) is 0. The maximum atomic E-state index is 9.97. The average Bonchev–Trinajstić information content (AvgIpc) is 2.43. The van der Waals surface area contributed by atoms with Crippen LogP contribution in [-0.2, 0) is 4.79 Å². The van der Waals surface area contributed by atoms with E-state index in [0.29, 0.717) is 0 Å². The summed E-state index contributed by atoms with van der Waals surface area (Å²) in [5.74, 6) is -0.854. The Morgan fingerprint density at radius 1 is 1.62 bits per heavy atom. The molecule has 1 saturated carbocycles. The molecule has 0 N–H and O–H groups in total. The Morgan fingerprint density at radius 3 is 2.25 bits per heavy atom. The van der Waals surface area contributed by atoms with Crippen LogP contribution in [0.15, 0.2) is 12.2 Å². The smallest absolute Gasteiger partial charge is 0.0671 e. The summed E-state index contributed by atoms with van der Waals surface area (Å²) in [5.41, 5.74) is 0.269. The van der Waals surface area contributed by atoms with Gasteiger partial charge in [0.2, 0.25) is 0 Å². The molecule has 0 aromatic heterocycles. The summed E-state index contributed by atoms with van der Waals surface area (Å²) in [5, 5.41) is 9.97. The van der Waals surface area contributed by atoms with Crippen LogP contribution in [0.3, 0.4) is 0 Å². The van der Waals surface area contributed by atoms with Gasteiger partial charge < -0.3 is 9.90 Å². The summed E-state index contributed by atoms with van der Waals surface area (Å²) in [7, 11) is 0. The number of carbonyl (C=O) groups is 1. The standard InChI is InChI=1S/C6H8O2/c1-4(6(7)8)5-2-3-5/h5H,1-3H2,(H,7,8)/p-1. The van der Waals surface area contributed by atoms with Crippen molar-refractivity contribution in [3.05, 3.63) is 12.2 Å². The highest BCUT2D eigenvalue weighted by Crippen LogP contribution is 2.34. The predicted octanol–water partition coefficient (Wildman–Crippen LogP) is -0.298. The number of carboxylic acid groups (broad SMARTS) is 1. The fourth-order valence-electron chi connectivity index (χ4n) is 0.598. The van der Waals surface area contributed by atoms with Gasteiger partial charge in [0, 0.05) is 0 Å². The number of aliphatic carboxylic acids is 1. The number of hydrogen-bond acceptors (Lipinski definition) is 2. The van der Waals surface area contributed by atoms with Crippen molar-refractivity contribution in [2.45, 2.75) is 12.8 Å². The number of rotatable bonds is 2. The monoisotopic (exact) mass is 111 g/mol. The lowest BCUT2D eigenvalue weighted by atomic mass is 10.2. The zero-order chi connectivity index (χ0) is 6.15. The Labute approximate surface area is 47.8 Å². The van der Waals surface area contributed by atoms with E-state index in [4.69, 9.17) is 0 Å². The number of carbonyl (C=O) groups excluding carboxylic acids is 1. The molecule has 1 fully saturated rings. The first-order valence-electron chi connectivity index (χ1n) is 2.62. The minimum Gasteiger partial charge on any atom is -0.545 e. The van der Waals surface area contributed by atoms with Crippen molar-refractivity contribution in [1.82, 2.24) is 0 Å². The molecule has 0 radical (unpaired) electrons. The average molecular weight is 111 g/mol.